The van der Waals surface area contributed by atoms with Gasteiger partial charge in [-0.15, -0.1) is 0 Å². The second-order valence-corrected chi connectivity index (χ2v) is 5.42. The molecule has 0 aromatic heterocycles. The molecule has 1 aliphatic carbocycles. The third kappa shape index (κ3) is 2.59. The molecule has 3 rings (SSSR count). The first-order valence-electron chi connectivity index (χ1n) is 6.96. The van der Waals surface area contributed by atoms with Gasteiger partial charge < -0.3 is 20.1 Å². The second-order valence-electron chi connectivity index (χ2n) is 5.42. The average molecular weight is 284 g/mol. The average Bonchev–Trinajstić information content (AvgIpc) is 2.71. The molecule has 2 heterocycles. The molecule has 7 heteroatoms. The predicted octanol–water partition coefficient (Wildman–Crippen LogP) is -0.820. The molecular formula is C13H20N2O5. The lowest BCUT2D eigenvalue weighted by atomic mass is 9.97. The van der Waals surface area contributed by atoms with Gasteiger partial charge in [0.1, 0.15) is 31.1 Å². The van der Waals surface area contributed by atoms with Crippen LogP contribution >= 0.6 is 0 Å². The Labute approximate surface area is 117 Å². The van der Waals surface area contributed by atoms with Crippen molar-refractivity contribution in [3.8, 4) is 0 Å². The van der Waals surface area contributed by atoms with E-state index in [0.717, 1.165) is 12.8 Å². The first kappa shape index (κ1) is 14.0. The fourth-order valence-corrected chi connectivity index (χ4v) is 2.52. The van der Waals surface area contributed by atoms with Crippen LogP contribution in [0, 0.1) is 0 Å². The van der Waals surface area contributed by atoms with Crippen molar-refractivity contribution in [2.45, 2.75) is 49.8 Å². The van der Waals surface area contributed by atoms with Crippen LogP contribution in [0.2, 0.25) is 0 Å². The summed E-state index contributed by atoms with van der Waals surface area (Å²) in [4.78, 5) is 9.91. The molecule has 20 heavy (non-hydrogen) atoms. The summed E-state index contributed by atoms with van der Waals surface area (Å²) in [6.07, 6.45) is 3.25. The Hall–Kier alpha value is -0.990. The summed E-state index contributed by atoms with van der Waals surface area (Å²) in [5, 5.41) is 30.5. The van der Waals surface area contributed by atoms with E-state index in [1.807, 2.05) is 0 Å². The van der Waals surface area contributed by atoms with Gasteiger partial charge >= 0.3 is 0 Å². The van der Waals surface area contributed by atoms with Crippen molar-refractivity contribution in [2.24, 2.45) is 4.99 Å². The maximum Gasteiger partial charge on any atom is 0.135 e. The van der Waals surface area contributed by atoms with E-state index in [4.69, 9.17) is 14.7 Å². The highest BCUT2D eigenvalue weighted by Gasteiger charge is 2.44. The minimum absolute atomic E-state index is 0.242. The summed E-state index contributed by atoms with van der Waals surface area (Å²) in [5.74, 6) is 0. The van der Waals surface area contributed by atoms with E-state index in [-0.39, 0.29) is 12.7 Å². The van der Waals surface area contributed by atoms with Crippen LogP contribution in [0.4, 0.5) is 0 Å². The zero-order chi connectivity index (χ0) is 14.1. The van der Waals surface area contributed by atoms with Gasteiger partial charge in [-0.2, -0.15) is 0 Å². The van der Waals surface area contributed by atoms with Gasteiger partial charge in [-0.3, -0.25) is 9.83 Å². The smallest absolute Gasteiger partial charge is 0.135 e. The van der Waals surface area contributed by atoms with E-state index in [9.17, 15) is 10.2 Å². The quantitative estimate of drug-likeness (QED) is 0.624. The van der Waals surface area contributed by atoms with Crippen LogP contribution < -0.4 is 0 Å². The van der Waals surface area contributed by atoms with Crippen molar-refractivity contribution >= 4 is 6.21 Å². The van der Waals surface area contributed by atoms with Crippen molar-refractivity contribution in [2.75, 3.05) is 13.3 Å². The number of aliphatic hydroxyl groups is 3. The Morgan fingerprint density at radius 1 is 1.35 bits per heavy atom. The molecule has 0 aromatic rings. The Bertz CT molecular complexity index is 410. The molecule has 2 fully saturated rings. The number of nitrogens with zero attached hydrogens (tertiary/aromatic N) is 2. The molecule has 1 saturated heterocycles. The summed E-state index contributed by atoms with van der Waals surface area (Å²) in [7, 11) is 0. The number of ether oxygens (including phenoxy) is 1. The molecule has 0 spiro atoms. The highest BCUT2D eigenvalue weighted by Crippen LogP contribution is 2.28. The van der Waals surface area contributed by atoms with E-state index in [0.29, 0.717) is 12.2 Å². The molecule has 2 aliphatic heterocycles. The number of aliphatic imine (C=N–C) groups is 1. The van der Waals surface area contributed by atoms with Crippen molar-refractivity contribution in [1.82, 2.24) is 5.06 Å². The van der Waals surface area contributed by atoms with Crippen molar-refractivity contribution in [3.63, 3.8) is 0 Å². The molecule has 0 aromatic carbocycles. The topological polar surface area (TPSA) is 94.8 Å². The fourth-order valence-electron chi connectivity index (χ4n) is 2.52. The van der Waals surface area contributed by atoms with E-state index >= 15 is 0 Å². The first-order chi connectivity index (χ1) is 9.69. The summed E-state index contributed by atoms with van der Waals surface area (Å²) in [6, 6.07) is 0. The molecule has 4 atom stereocenters. The van der Waals surface area contributed by atoms with Crippen LogP contribution in [-0.2, 0) is 9.57 Å². The monoisotopic (exact) mass is 284 g/mol. The molecule has 112 valence electrons. The molecule has 0 bridgehead atoms. The lowest BCUT2D eigenvalue weighted by molar-refractivity contribution is -0.186. The Morgan fingerprint density at radius 3 is 2.75 bits per heavy atom. The van der Waals surface area contributed by atoms with Crippen molar-refractivity contribution < 1.29 is 24.9 Å². The Kier molecular flexibility index (Phi) is 4.04. The molecule has 3 aliphatic rings. The summed E-state index contributed by atoms with van der Waals surface area (Å²) < 4.78 is 5.48. The normalized spacial score (nSPS) is 38.0. The van der Waals surface area contributed by atoms with Gasteiger partial charge in [0.05, 0.1) is 12.7 Å². The zero-order valence-corrected chi connectivity index (χ0v) is 11.1. The number of rotatable bonds is 4. The minimum Gasteiger partial charge on any atom is -0.394 e. The maximum absolute atomic E-state index is 9.99. The van der Waals surface area contributed by atoms with E-state index < -0.39 is 24.4 Å². The van der Waals surface area contributed by atoms with Crippen LogP contribution in [0.25, 0.3) is 0 Å². The number of hydrogen-bond donors (Lipinski definition) is 3. The van der Waals surface area contributed by atoms with Gasteiger partial charge in [-0.05, 0) is 19.3 Å². The van der Waals surface area contributed by atoms with Gasteiger partial charge in [0.25, 0.3) is 0 Å². The van der Waals surface area contributed by atoms with Crippen LogP contribution in [0.15, 0.2) is 16.8 Å². The first-order valence-corrected chi connectivity index (χ1v) is 6.96. The third-order valence-electron chi connectivity index (χ3n) is 3.96. The fraction of sp³-hybridized carbons (Fsp3) is 0.769. The van der Waals surface area contributed by atoms with Crippen LogP contribution in [0.1, 0.15) is 19.3 Å². The van der Waals surface area contributed by atoms with E-state index in [1.54, 1.807) is 17.5 Å². The SMILES string of the molecule is OC[C@H]1O[C@@H](C2=CN(OC3CCC3)CN=C2)[C@H](O)[C@@H]1O. The van der Waals surface area contributed by atoms with Crippen LogP contribution in [0.5, 0.6) is 0 Å². The molecule has 3 N–H and O–H groups in total. The van der Waals surface area contributed by atoms with Gasteiger partial charge in [-0.25, -0.2) is 5.06 Å². The van der Waals surface area contributed by atoms with Gasteiger partial charge in [0.2, 0.25) is 0 Å². The zero-order valence-electron chi connectivity index (χ0n) is 11.1. The predicted molar refractivity (Wildman–Crippen MR) is 69.8 cm³/mol. The molecular weight excluding hydrogens is 264 g/mol. The maximum atomic E-state index is 9.99. The van der Waals surface area contributed by atoms with Gasteiger partial charge in [-0.1, -0.05) is 0 Å². The Balaban J connectivity index is 1.67. The standard InChI is InChI=1S/C13H20N2O5/c16-6-10-11(17)12(18)13(19-10)8-4-14-7-15(5-8)20-9-2-1-3-9/h4-5,9-13,16-18H,1-3,6-7H2/t10-,11-,12-,13+/m1/s1. The van der Waals surface area contributed by atoms with Crippen LogP contribution in [0.3, 0.4) is 0 Å². The van der Waals surface area contributed by atoms with E-state index in [2.05, 4.69) is 4.99 Å². The van der Waals surface area contributed by atoms with Crippen LogP contribution in [-0.4, -0.2) is 70.4 Å². The number of aliphatic hydroxyl groups excluding tert-OH is 3. The summed E-state index contributed by atoms with van der Waals surface area (Å²) in [5.41, 5.74) is 0.637. The van der Waals surface area contributed by atoms with Gasteiger partial charge in [0, 0.05) is 18.0 Å². The molecule has 1 saturated carbocycles. The van der Waals surface area contributed by atoms with Crippen molar-refractivity contribution in [1.29, 1.82) is 0 Å². The minimum atomic E-state index is -1.10. The van der Waals surface area contributed by atoms with Gasteiger partial charge in [0.15, 0.2) is 0 Å². The van der Waals surface area contributed by atoms with Crippen molar-refractivity contribution in [3.05, 3.63) is 11.8 Å². The number of hydrogen-bond acceptors (Lipinski definition) is 7. The Morgan fingerprint density at radius 2 is 2.15 bits per heavy atom. The highest BCUT2D eigenvalue weighted by atomic mass is 16.7. The summed E-state index contributed by atoms with van der Waals surface area (Å²) >= 11 is 0. The molecule has 0 amide bonds. The molecule has 7 nitrogen and oxygen atoms in total. The second kappa shape index (κ2) is 5.79. The highest BCUT2D eigenvalue weighted by molar-refractivity contribution is 5.80. The van der Waals surface area contributed by atoms with E-state index in [1.165, 1.54) is 6.42 Å². The third-order valence-corrected chi connectivity index (χ3v) is 3.96. The lowest BCUT2D eigenvalue weighted by Crippen LogP contribution is -2.37. The summed E-state index contributed by atoms with van der Waals surface area (Å²) in [6.45, 7) is 0.0796. The molecule has 0 unspecified atom stereocenters. The number of hydroxylamine groups is 2. The lowest BCUT2D eigenvalue weighted by Gasteiger charge is -2.32. The molecule has 0 radical (unpaired) electrons. The largest absolute Gasteiger partial charge is 0.394 e.